The topological polar surface area (TPSA) is 86.8 Å². The van der Waals surface area contributed by atoms with Crippen molar-refractivity contribution < 1.29 is 18.0 Å². The predicted octanol–water partition coefficient (Wildman–Crippen LogP) is 7.08. The third kappa shape index (κ3) is 8.75. The van der Waals surface area contributed by atoms with Gasteiger partial charge in [-0.1, -0.05) is 91.4 Å². The molecule has 0 saturated heterocycles. The van der Waals surface area contributed by atoms with Crippen molar-refractivity contribution in [1.29, 1.82) is 0 Å². The number of sulfonamides is 1. The Kier molecular flexibility index (Phi) is 11.8. The fourth-order valence-corrected chi connectivity index (χ4v) is 6.36. The summed E-state index contributed by atoms with van der Waals surface area (Å²) in [5, 5.41) is 3.90. The highest BCUT2D eigenvalue weighted by Gasteiger charge is 2.34. The smallest absolute Gasteiger partial charge is 0.264 e. The van der Waals surface area contributed by atoms with E-state index in [4.69, 9.17) is 46.4 Å². The van der Waals surface area contributed by atoms with Crippen LogP contribution in [-0.2, 0) is 26.2 Å². The standard InChI is InChI=1S/C29H31Cl4N3O4S/c1-4-27(29(38)34-16-19(2)3)35(17-20-10-11-25(32)26(33)12-20)28(37)18-36(23-14-21(30)13-22(31)15-23)41(39,40)24-8-6-5-7-9-24/h5-15,19,27H,4,16-18H2,1-3H3,(H,34,38)/t27-/m1/s1. The van der Waals surface area contributed by atoms with Gasteiger partial charge < -0.3 is 10.2 Å². The maximum absolute atomic E-state index is 14.1. The Morgan fingerprint density at radius 1 is 0.878 bits per heavy atom. The van der Waals surface area contributed by atoms with Crippen molar-refractivity contribution in [3.63, 3.8) is 0 Å². The molecule has 3 aromatic carbocycles. The van der Waals surface area contributed by atoms with Crippen LogP contribution in [0.1, 0.15) is 32.8 Å². The van der Waals surface area contributed by atoms with Crippen molar-refractivity contribution in [2.24, 2.45) is 5.92 Å². The summed E-state index contributed by atoms with van der Waals surface area (Å²) in [6.07, 6.45) is 0.283. The van der Waals surface area contributed by atoms with Gasteiger partial charge in [0.1, 0.15) is 12.6 Å². The summed E-state index contributed by atoms with van der Waals surface area (Å²) < 4.78 is 28.7. The number of halogens is 4. The highest BCUT2D eigenvalue weighted by Crippen LogP contribution is 2.30. The van der Waals surface area contributed by atoms with Crippen LogP contribution in [0.5, 0.6) is 0 Å². The molecule has 1 atom stereocenters. The number of hydrogen-bond donors (Lipinski definition) is 1. The number of anilines is 1. The maximum atomic E-state index is 14.1. The molecule has 41 heavy (non-hydrogen) atoms. The minimum atomic E-state index is -4.25. The normalized spacial score (nSPS) is 12.2. The average molecular weight is 659 g/mol. The van der Waals surface area contributed by atoms with Gasteiger partial charge in [0.2, 0.25) is 11.8 Å². The van der Waals surface area contributed by atoms with Crippen LogP contribution in [-0.4, -0.2) is 44.3 Å². The molecule has 0 aliphatic heterocycles. The second-order valence-electron chi connectivity index (χ2n) is 9.79. The second kappa shape index (κ2) is 14.6. The van der Waals surface area contributed by atoms with Gasteiger partial charge in [-0.25, -0.2) is 8.42 Å². The van der Waals surface area contributed by atoms with E-state index in [9.17, 15) is 18.0 Å². The molecule has 7 nitrogen and oxygen atoms in total. The molecule has 0 spiro atoms. The molecule has 0 fully saturated rings. The third-order valence-electron chi connectivity index (χ3n) is 6.15. The predicted molar refractivity (Wildman–Crippen MR) is 166 cm³/mol. The molecule has 0 radical (unpaired) electrons. The molecule has 0 heterocycles. The molecule has 1 N–H and O–H groups in total. The van der Waals surface area contributed by atoms with Gasteiger partial charge in [0.25, 0.3) is 10.0 Å². The van der Waals surface area contributed by atoms with Crippen molar-refractivity contribution >= 4 is 73.9 Å². The first-order chi connectivity index (χ1) is 19.3. The average Bonchev–Trinajstić information content (AvgIpc) is 2.92. The first-order valence-corrected chi connectivity index (χ1v) is 15.8. The molecular formula is C29H31Cl4N3O4S. The number of carbonyl (C=O) groups excluding carboxylic acids is 2. The molecule has 0 saturated carbocycles. The van der Waals surface area contributed by atoms with Crippen LogP contribution in [0.2, 0.25) is 20.1 Å². The zero-order chi connectivity index (χ0) is 30.3. The molecule has 220 valence electrons. The van der Waals surface area contributed by atoms with E-state index in [1.54, 1.807) is 43.3 Å². The van der Waals surface area contributed by atoms with Crippen LogP contribution >= 0.6 is 46.4 Å². The lowest BCUT2D eigenvalue weighted by Gasteiger charge is -2.33. The van der Waals surface area contributed by atoms with Crippen molar-refractivity contribution in [3.8, 4) is 0 Å². The Morgan fingerprint density at radius 2 is 1.51 bits per heavy atom. The molecule has 0 aliphatic carbocycles. The monoisotopic (exact) mass is 657 g/mol. The van der Waals surface area contributed by atoms with Gasteiger partial charge in [-0.05, 0) is 60.4 Å². The lowest BCUT2D eigenvalue weighted by molar-refractivity contribution is -0.140. The Balaban J connectivity index is 2.08. The van der Waals surface area contributed by atoms with E-state index in [1.807, 2.05) is 13.8 Å². The van der Waals surface area contributed by atoms with Gasteiger partial charge in [0.05, 0.1) is 20.6 Å². The number of nitrogens with one attached hydrogen (secondary N) is 1. The summed E-state index contributed by atoms with van der Waals surface area (Å²) >= 11 is 24.8. The van der Waals surface area contributed by atoms with Gasteiger partial charge in [-0.3, -0.25) is 13.9 Å². The number of amides is 2. The molecule has 0 aliphatic rings. The number of rotatable bonds is 12. The quantitative estimate of drug-likeness (QED) is 0.225. The summed E-state index contributed by atoms with van der Waals surface area (Å²) in [5.74, 6) is -0.772. The fourth-order valence-electron chi connectivity index (χ4n) is 4.11. The second-order valence-corrected chi connectivity index (χ2v) is 13.3. The molecule has 3 aromatic rings. The molecular weight excluding hydrogens is 628 g/mol. The zero-order valence-corrected chi connectivity index (χ0v) is 26.6. The third-order valence-corrected chi connectivity index (χ3v) is 9.12. The summed E-state index contributed by atoms with van der Waals surface area (Å²) in [6.45, 7) is 5.48. The van der Waals surface area contributed by atoms with Crippen LogP contribution in [0.15, 0.2) is 71.6 Å². The molecule has 3 rings (SSSR count). The van der Waals surface area contributed by atoms with Crippen LogP contribution < -0.4 is 9.62 Å². The van der Waals surface area contributed by atoms with E-state index >= 15 is 0 Å². The van der Waals surface area contributed by atoms with E-state index in [0.29, 0.717) is 17.1 Å². The summed E-state index contributed by atoms with van der Waals surface area (Å²) in [4.78, 5) is 28.7. The molecule has 0 unspecified atom stereocenters. The first kappa shape index (κ1) is 33.0. The van der Waals surface area contributed by atoms with E-state index in [1.165, 1.54) is 35.2 Å². The van der Waals surface area contributed by atoms with Gasteiger partial charge in [-0.2, -0.15) is 0 Å². The van der Waals surface area contributed by atoms with Crippen molar-refractivity contribution in [2.45, 2.75) is 44.7 Å². The molecule has 2 amide bonds. The summed E-state index contributed by atoms with van der Waals surface area (Å²) in [7, 11) is -4.25. The SMILES string of the molecule is CC[C@H](C(=O)NCC(C)C)N(Cc1ccc(Cl)c(Cl)c1)C(=O)CN(c1cc(Cl)cc(Cl)c1)S(=O)(=O)c1ccccc1. The van der Waals surface area contributed by atoms with E-state index in [2.05, 4.69) is 5.32 Å². The van der Waals surface area contributed by atoms with E-state index < -0.39 is 28.5 Å². The van der Waals surface area contributed by atoms with E-state index in [-0.39, 0.29) is 50.4 Å². The fraction of sp³-hybridized carbons (Fsp3) is 0.310. The van der Waals surface area contributed by atoms with Gasteiger partial charge >= 0.3 is 0 Å². The van der Waals surface area contributed by atoms with Crippen LogP contribution in [0.4, 0.5) is 5.69 Å². The van der Waals surface area contributed by atoms with Crippen molar-refractivity contribution in [1.82, 2.24) is 10.2 Å². The van der Waals surface area contributed by atoms with Gasteiger partial charge in [0, 0.05) is 23.1 Å². The molecule has 0 aromatic heterocycles. The lowest BCUT2D eigenvalue weighted by Crippen LogP contribution is -2.52. The number of nitrogens with zero attached hydrogens (tertiary/aromatic N) is 2. The van der Waals surface area contributed by atoms with Gasteiger partial charge in [-0.15, -0.1) is 0 Å². The summed E-state index contributed by atoms with van der Waals surface area (Å²) in [5.41, 5.74) is 0.720. The van der Waals surface area contributed by atoms with Crippen LogP contribution in [0.25, 0.3) is 0 Å². The van der Waals surface area contributed by atoms with E-state index in [0.717, 1.165) is 4.31 Å². The first-order valence-electron chi connectivity index (χ1n) is 12.9. The van der Waals surface area contributed by atoms with Crippen LogP contribution in [0, 0.1) is 5.92 Å². The highest BCUT2D eigenvalue weighted by atomic mass is 35.5. The zero-order valence-electron chi connectivity index (χ0n) is 22.8. The minimum Gasteiger partial charge on any atom is -0.354 e. The number of carbonyl (C=O) groups is 2. The Morgan fingerprint density at radius 3 is 2.07 bits per heavy atom. The molecule has 0 bridgehead atoms. The highest BCUT2D eigenvalue weighted by molar-refractivity contribution is 7.92. The Hall–Kier alpha value is -2.49. The summed E-state index contributed by atoms with van der Waals surface area (Å²) in [6, 6.07) is 16.0. The largest absolute Gasteiger partial charge is 0.354 e. The number of hydrogen-bond acceptors (Lipinski definition) is 4. The molecule has 12 heteroatoms. The Labute approximate surface area is 261 Å². The van der Waals surface area contributed by atoms with Crippen LogP contribution in [0.3, 0.4) is 0 Å². The minimum absolute atomic E-state index is 0.0150. The maximum Gasteiger partial charge on any atom is 0.264 e. The lowest BCUT2D eigenvalue weighted by atomic mass is 10.1. The number of benzene rings is 3. The van der Waals surface area contributed by atoms with Gasteiger partial charge in [0.15, 0.2) is 0 Å². The van der Waals surface area contributed by atoms with Crippen molar-refractivity contribution in [3.05, 3.63) is 92.4 Å². The van der Waals surface area contributed by atoms with Crippen molar-refractivity contribution in [2.75, 3.05) is 17.4 Å². The Bertz CT molecular complexity index is 1470.